The molecule has 0 N–H and O–H groups in total. The van der Waals surface area contributed by atoms with Gasteiger partial charge in [-0.2, -0.15) is 0 Å². The number of unbranched alkanes of at least 4 members (excludes halogenated alkanes) is 12. The highest BCUT2D eigenvalue weighted by molar-refractivity contribution is 5.69. The number of fused-ring (bicyclic) bond motifs is 7. The van der Waals surface area contributed by atoms with Gasteiger partial charge in [0.2, 0.25) is 0 Å². The molecule has 0 amide bonds. The molecule has 0 bridgehead atoms. The van der Waals surface area contributed by atoms with E-state index in [4.69, 9.17) is 4.74 Å². The van der Waals surface area contributed by atoms with E-state index in [1.807, 2.05) is 0 Å². The van der Waals surface area contributed by atoms with E-state index in [2.05, 4.69) is 62.3 Å². The van der Waals surface area contributed by atoms with Crippen LogP contribution in [0.25, 0.3) is 0 Å². The highest BCUT2D eigenvalue weighted by Gasteiger charge is 2.70. The molecule has 0 aromatic carbocycles. The molecule has 278 valence electrons. The number of carbonyl (C=O) groups excluding carboxylic acids is 1. The van der Waals surface area contributed by atoms with Crippen LogP contribution in [0.2, 0.25) is 0 Å². The molecule has 0 radical (unpaired) electrons. The summed E-state index contributed by atoms with van der Waals surface area (Å²) in [6.45, 7) is 23.3. The van der Waals surface area contributed by atoms with E-state index >= 15 is 0 Å². The zero-order valence-electron chi connectivity index (χ0n) is 33.8. The van der Waals surface area contributed by atoms with Crippen LogP contribution >= 0.6 is 0 Å². The van der Waals surface area contributed by atoms with Gasteiger partial charge in [-0.25, -0.2) is 0 Å². The van der Waals surface area contributed by atoms with E-state index in [9.17, 15) is 4.79 Å². The van der Waals surface area contributed by atoms with Gasteiger partial charge in [0.25, 0.3) is 0 Å². The van der Waals surface area contributed by atoms with Gasteiger partial charge in [-0.3, -0.25) is 4.79 Å². The molecule has 48 heavy (non-hydrogen) atoms. The Bertz CT molecular complexity index is 1040. The van der Waals surface area contributed by atoms with Crippen LogP contribution in [-0.2, 0) is 9.53 Å². The number of hydrogen-bond acceptors (Lipinski definition) is 2. The van der Waals surface area contributed by atoms with Crippen molar-refractivity contribution in [2.45, 2.75) is 223 Å². The molecule has 5 saturated carbocycles. The lowest BCUT2D eigenvalue weighted by atomic mass is 9.32. The SMILES string of the molecule is CCCCCCCCCCCCCCCC(=O)O[C@H]1CC[C@]2(C)[C@H]3CC[C@@H]4[C@H]5[C@H](C(C)C)CC[C@]5(C)CC[C@@]4(C)[C@]3(C)CC[C@H]2C1(C)C. The lowest BCUT2D eigenvalue weighted by Gasteiger charge is -2.73. The minimum Gasteiger partial charge on any atom is -0.462 e. The fourth-order valence-electron chi connectivity index (χ4n) is 14.4. The summed E-state index contributed by atoms with van der Waals surface area (Å²) in [6.07, 6.45) is 31.9. The van der Waals surface area contributed by atoms with Crippen molar-refractivity contribution in [3.05, 3.63) is 0 Å². The van der Waals surface area contributed by atoms with Gasteiger partial charge in [0, 0.05) is 11.8 Å². The monoisotopic (exact) mass is 667 g/mol. The van der Waals surface area contributed by atoms with Gasteiger partial charge in [0.15, 0.2) is 0 Å². The summed E-state index contributed by atoms with van der Waals surface area (Å²) in [5.74, 6) is 5.11. The standard InChI is InChI=1S/C46H82O2/c1-10-11-12-13-14-15-16-17-18-19-20-21-22-23-40(47)48-39-28-30-44(7)37(42(39,4)5)27-31-46(9)38(44)25-24-36-41-35(34(2)3)26-29-43(41,6)32-33-45(36,46)8/h34-39,41H,10-33H2,1-9H3/t35-,36+,37-,38+,39-,41+,43+,44-,45+,46+/m0/s1. The molecule has 0 saturated heterocycles. The Hall–Kier alpha value is -0.530. The summed E-state index contributed by atoms with van der Waals surface area (Å²) in [4.78, 5) is 13.2. The molecule has 5 aliphatic carbocycles. The summed E-state index contributed by atoms with van der Waals surface area (Å²) in [5, 5.41) is 0. The second-order valence-electron chi connectivity index (χ2n) is 20.6. The first-order chi connectivity index (χ1) is 22.7. The van der Waals surface area contributed by atoms with Crippen molar-refractivity contribution in [3.8, 4) is 0 Å². The fourth-order valence-corrected chi connectivity index (χ4v) is 14.4. The van der Waals surface area contributed by atoms with E-state index < -0.39 is 0 Å². The Balaban J connectivity index is 1.11. The molecular formula is C46H82O2. The highest BCUT2D eigenvalue weighted by Crippen LogP contribution is 2.77. The second kappa shape index (κ2) is 15.6. The first-order valence-electron chi connectivity index (χ1n) is 21.9. The maximum Gasteiger partial charge on any atom is 0.306 e. The number of ether oxygens (including phenoxy) is 1. The molecule has 10 atom stereocenters. The van der Waals surface area contributed by atoms with Crippen molar-refractivity contribution in [1.29, 1.82) is 0 Å². The molecule has 5 rings (SSSR count). The molecule has 5 aliphatic rings. The Labute approximate surface area is 299 Å². The summed E-state index contributed by atoms with van der Waals surface area (Å²) < 4.78 is 6.43. The Morgan fingerprint density at radius 1 is 0.625 bits per heavy atom. The van der Waals surface area contributed by atoms with Gasteiger partial charge in [-0.05, 0) is 128 Å². The molecule has 0 unspecified atom stereocenters. The lowest BCUT2D eigenvalue weighted by molar-refractivity contribution is -0.250. The zero-order valence-corrected chi connectivity index (χ0v) is 33.8. The average Bonchev–Trinajstić information content (AvgIpc) is 3.39. The summed E-state index contributed by atoms with van der Waals surface area (Å²) >= 11 is 0. The molecule has 0 aromatic rings. The van der Waals surface area contributed by atoms with Crippen LogP contribution in [0.5, 0.6) is 0 Å². The topological polar surface area (TPSA) is 26.3 Å². The number of rotatable bonds is 16. The Kier molecular flexibility index (Phi) is 12.6. The van der Waals surface area contributed by atoms with Crippen molar-refractivity contribution in [2.24, 2.45) is 62.6 Å². The highest BCUT2D eigenvalue weighted by atomic mass is 16.5. The summed E-state index contributed by atoms with van der Waals surface area (Å²) in [6, 6.07) is 0. The molecule has 5 fully saturated rings. The van der Waals surface area contributed by atoms with E-state index in [1.54, 1.807) is 0 Å². The normalized spacial score (nSPS) is 41.7. The summed E-state index contributed by atoms with van der Waals surface area (Å²) in [5.41, 5.74) is 1.89. The van der Waals surface area contributed by atoms with Crippen LogP contribution in [0.4, 0.5) is 0 Å². The van der Waals surface area contributed by atoms with Crippen molar-refractivity contribution in [1.82, 2.24) is 0 Å². The Morgan fingerprint density at radius 3 is 1.83 bits per heavy atom. The van der Waals surface area contributed by atoms with Crippen LogP contribution in [0.1, 0.15) is 216 Å². The fraction of sp³-hybridized carbons (Fsp3) is 0.978. The number of carbonyl (C=O) groups is 1. The van der Waals surface area contributed by atoms with Gasteiger partial charge in [-0.15, -0.1) is 0 Å². The maximum atomic E-state index is 13.2. The minimum absolute atomic E-state index is 0.0527. The molecule has 2 heteroatoms. The van der Waals surface area contributed by atoms with Gasteiger partial charge in [0.1, 0.15) is 6.10 Å². The number of esters is 1. The number of hydrogen-bond donors (Lipinski definition) is 0. The molecule has 0 aliphatic heterocycles. The summed E-state index contributed by atoms with van der Waals surface area (Å²) in [7, 11) is 0. The van der Waals surface area contributed by atoms with Crippen molar-refractivity contribution < 1.29 is 9.53 Å². The van der Waals surface area contributed by atoms with E-state index in [-0.39, 0.29) is 17.5 Å². The van der Waals surface area contributed by atoms with Crippen LogP contribution in [-0.4, -0.2) is 12.1 Å². The minimum atomic E-state index is 0.0527. The third-order valence-electron chi connectivity index (χ3n) is 17.5. The van der Waals surface area contributed by atoms with Crippen molar-refractivity contribution >= 4 is 5.97 Å². The third kappa shape index (κ3) is 7.24. The molecular weight excluding hydrogens is 585 g/mol. The average molecular weight is 667 g/mol. The Morgan fingerprint density at radius 2 is 1.23 bits per heavy atom. The molecule has 0 heterocycles. The van der Waals surface area contributed by atoms with E-state index in [1.165, 1.54) is 135 Å². The third-order valence-corrected chi connectivity index (χ3v) is 17.5. The van der Waals surface area contributed by atoms with E-state index in [0.717, 1.165) is 42.4 Å². The predicted octanol–water partition coefficient (Wildman–Crippen LogP) is 14.1. The van der Waals surface area contributed by atoms with Gasteiger partial charge in [0.05, 0.1) is 0 Å². The quantitative estimate of drug-likeness (QED) is 0.121. The molecule has 0 spiro atoms. The first kappa shape index (κ1) is 38.7. The maximum absolute atomic E-state index is 13.2. The molecule has 0 aromatic heterocycles. The largest absolute Gasteiger partial charge is 0.462 e. The van der Waals surface area contributed by atoms with Gasteiger partial charge in [-0.1, -0.05) is 139 Å². The van der Waals surface area contributed by atoms with Crippen LogP contribution in [0.3, 0.4) is 0 Å². The molecule has 2 nitrogen and oxygen atoms in total. The second-order valence-corrected chi connectivity index (χ2v) is 20.6. The smallest absolute Gasteiger partial charge is 0.306 e. The van der Waals surface area contributed by atoms with Crippen molar-refractivity contribution in [2.75, 3.05) is 0 Å². The zero-order chi connectivity index (χ0) is 34.8. The predicted molar refractivity (Wildman–Crippen MR) is 205 cm³/mol. The van der Waals surface area contributed by atoms with Gasteiger partial charge < -0.3 is 4.74 Å². The van der Waals surface area contributed by atoms with Crippen LogP contribution < -0.4 is 0 Å². The van der Waals surface area contributed by atoms with Gasteiger partial charge >= 0.3 is 5.97 Å². The van der Waals surface area contributed by atoms with Crippen LogP contribution in [0.15, 0.2) is 0 Å². The van der Waals surface area contributed by atoms with Crippen molar-refractivity contribution in [3.63, 3.8) is 0 Å². The van der Waals surface area contributed by atoms with Crippen LogP contribution in [0, 0.1) is 62.6 Å². The first-order valence-corrected chi connectivity index (χ1v) is 21.9. The lowest BCUT2D eigenvalue weighted by Crippen LogP contribution is -2.66. The van der Waals surface area contributed by atoms with E-state index in [0.29, 0.717) is 34.0 Å².